The van der Waals surface area contributed by atoms with E-state index in [2.05, 4.69) is 63.7 Å². The summed E-state index contributed by atoms with van der Waals surface area (Å²) in [6, 6.07) is 21.2. The molecule has 3 heterocycles. The molecule has 5 aromatic rings. The fraction of sp³-hybridized carbons (Fsp3) is 0.275. The molecule has 3 N–H and O–H groups in total. The Morgan fingerprint density at radius 3 is 2.47 bits per heavy atom. The maximum absolute atomic E-state index is 13.0. The first-order valence-corrected chi connectivity index (χ1v) is 16.9. The quantitative estimate of drug-likeness (QED) is 0.153. The van der Waals surface area contributed by atoms with Gasteiger partial charge in [0.25, 0.3) is 5.91 Å². The Bertz CT molecular complexity index is 2290. The summed E-state index contributed by atoms with van der Waals surface area (Å²) in [5.74, 6) is 5.35. The highest BCUT2D eigenvalue weighted by Gasteiger charge is 2.26. The predicted molar refractivity (Wildman–Crippen MR) is 200 cm³/mol. The molecule has 0 radical (unpaired) electrons. The lowest BCUT2D eigenvalue weighted by atomic mass is 10.00. The molecule has 3 aromatic carbocycles. The summed E-state index contributed by atoms with van der Waals surface area (Å²) in [6.07, 6.45) is 2.43. The molecule has 1 atom stereocenters. The average molecular weight is 684 g/mol. The number of piperidine rings is 1. The molecule has 0 spiro atoms. The van der Waals surface area contributed by atoms with Crippen molar-refractivity contribution in [3.05, 3.63) is 106 Å². The topological polar surface area (TPSA) is 130 Å². The molecule has 260 valence electrons. The molecule has 11 nitrogen and oxygen atoms in total. The van der Waals surface area contributed by atoms with Gasteiger partial charge in [0, 0.05) is 61.9 Å². The highest BCUT2D eigenvalue weighted by Crippen LogP contribution is 2.34. The second kappa shape index (κ2) is 14.4. The van der Waals surface area contributed by atoms with Crippen molar-refractivity contribution in [3.8, 4) is 23.0 Å². The minimum atomic E-state index is -0.479. The summed E-state index contributed by atoms with van der Waals surface area (Å²) >= 11 is 0. The summed E-state index contributed by atoms with van der Waals surface area (Å²) in [5, 5.41) is 8.32. The van der Waals surface area contributed by atoms with Crippen LogP contribution in [0.25, 0.3) is 22.2 Å². The molecule has 6 rings (SSSR count). The fourth-order valence-electron chi connectivity index (χ4n) is 6.37. The summed E-state index contributed by atoms with van der Waals surface area (Å²) in [4.78, 5) is 55.8. The highest BCUT2D eigenvalue weighted by molar-refractivity contribution is 6.01. The number of aryl methyl sites for hydroxylation is 3. The Morgan fingerprint density at radius 2 is 1.76 bits per heavy atom. The van der Waals surface area contributed by atoms with Crippen molar-refractivity contribution in [1.82, 2.24) is 24.8 Å². The van der Waals surface area contributed by atoms with Crippen molar-refractivity contribution in [2.24, 2.45) is 14.1 Å². The fourth-order valence-corrected chi connectivity index (χ4v) is 6.37. The predicted octanol–water partition coefficient (Wildman–Crippen LogP) is 5.14. The van der Waals surface area contributed by atoms with Crippen molar-refractivity contribution in [3.63, 3.8) is 0 Å². The number of amides is 3. The van der Waals surface area contributed by atoms with Crippen LogP contribution in [0.15, 0.2) is 77.7 Å². The number of rotatable bonds is 8. The number of carbonyl (C=O) groups is 3. The van der Waals surface area contributed by atoms with E-state index in [1.54, 1.807) is 22.4 Å². The zero-order chi connectivity index (χ0) is 36.4. The van der Waals surface area contributed by atoms with Crippen LogP contribution in [0.3, 0.4) is 0 Å². The van der Waals surface area contributed by atoms with E-state index >= 15 is 0 Å². The van der Waals surface area contributed by atoms with Crippen molar-refractivity contribution >= 4 is 45.8 Å². The molecule has 2 aromatic heterocycles. The lowest BCUT2D eigenvalue weighted by Gasteiger charge is -2.22. The van der Waals surface area contributed by atoms with Gasteiger partial charge in [0.15, 0.2) is 0 Å². The zero-order valence-corrected chi connectivity index (χ0v) is 29.6. The number of carbonyl (C=O) groups excluding carboxylic acids is 3. The minimum Gasteiger partial charge on any atom is -0.374 e. The first kappa shape index (κ1) is 34.7. The number of benzene rings is 3. The van der Waals surface area contributed by atoms with E-state index in [0.717, 1.165) is 55.9 Å². The Hall–Kier alpha value is -6.15. The van der Waals surface area contributed by atoms with Gasteiger partial charge in [-0.2, -0.15) is 0 Å². The number of pyridine rings is 1. The van der Waals surface area contributed by atoms with Crippen LogP contribution in [-0.2, 0) is 23.7 Å². The second-order valence-electron chi connectivity index (χ2n) is 13.2. The largest absolute Gasteiger partial charge is 0.374 e. The van der Waals surface area contributed by atoms with Crippen LogP contribution in [-0.4, -0.2) is 51.5 Å². The zero-order valence-electron chi connectivity index (χ0n) is 29.6. The number of fused-ring (bicyclic) bond motifs is 1. The molecule has 51 heavy (non-hydrogen) atoms. The Balaban J connectivity index is 1.09. The smallest absolute Gasteiger partial charge is 0.328 e. The first-order valence-electron chi connectivity index (χ1n) is 16.9. The highest BCUT2D eigenvalue weighted by atomic mass is 16.2. The number of hydrogen-bond donors (Lipinski definition) is 3. The number of imide groups is 1. The molecule has 0 aliphatic carbocycles. The SMILES string of the molecule is Cc1cc(-c2ccc(N(C)c3cc(C(C)C)c4c(c3)n(C)c(=O)n4C)cc2)cnc1C(=O)NCC#Cc1cccc(NC2CCC(=O)NC2=O)c1. The third kappa shape index (κ3) is 7.26. The summed E-state index contributed by atoms with van der Waals surface area (Å²) < 4.78 is 3.41. The lowest BCUT2D eigenvalue weighted by molar-refractivity contribution is -0.133. The van der Waals surface area contributed by atoms with Crippen LogP contribution in [0.5, 0.6) is 0 Å². The van der Waals surface area contributed by atoms with Crippen molar-refractivity contribution < 1.29 is 14.4 Å². The molecule has 1 aliphatic heterocycles. The van der Waals surface area contributed by atoms with Crippen molar-refractivity contribution in [1.29, 1.82) is 0 Å². The van der Waals surface area contributed by atoms with Crippen LogP contribution in [0.4, 0.5) is 17.1 Å². The molecular weight excluding hydrogens is 642 g/mol. The van der Waals surface area contributed by atoms with Gasteiger partial charge in [-0.05, 0) is 84.5 Å². The average Bonchev–Trinajstić information content (AvgIpc) is 3.34. The van der Waals surface area contributed by atoms with E-state index in [-0.39, 0.29) is 35.9 Å². The van der Waals surface area contributed by atoms with E-state index < -0.39 is 6.04 Å². The molecule has 3 amide bonds. The summed E-state index contributed by atoms with van der Waals surface area (Å²) in [5.41, 5.74) is 9.31. The van der Waals surface area contributed by atoms with Crippen LogP contribution in [0.1, 0.15) is 59.8 Å². The van der Waals surface area contributed by atoms with Crippen molar-refractivity contribution in [2.75, 3.05) is 23.8 Å². The van der Waals surface area contributed by atoms with Gasteiger partial charge in [0.2, 0.25) is 11.8 Å². The van der Waals surface area contributed by atoms with Gasteiger partial charge in [0.05, 0.1) is 17.6 Å². The van der Waals surface area contributed by atoms with E-state index in [4.69, 9.17) is 0 Å². The van der Waals surface area contributed by atoms with Gasteiger partial charge in [-0.1, -0.05) is 43.9 Å². The van der Waals surface area contributed by atoms with E-state index in [9.17, 15) is 19.2 Å². The Morgan fingerprint density at radius 1 is 1.00 bits per heavy atom. The lowest BCUT2D eigenvalue weighted by Crippen LogP contribution is -2.47. The van der Waals surface area contributed by atoms with Gasteiger partial charge in [0.1, 0.15) is 11.7 Å². The van der Waals surface area contributed by atoms with E-state index in [0.29, 0.717) is 18.5 Å². The molecular formula is C40H41N7O4. The number of anilines is 3. The van der Waals surface area contributed by atoms with Crippen LogP contribution in [0.2, 0.25) is 0 Å². The van der Waals surface area contributed by atoms with Crippen LogP contribution < -0.4 is 26.5 Å². The second-order valence-corrected chi connectivity index (χ2v) is 13.2. The van der Waals surface area contributed by atoms with Crippen LogP contribution >= 0.6 is 0 Å². The maximum atomic E-state index is 13.0. The molecule has 11 heteroatoms. The minimum absolute atomic E-state index is 0.0433. The molecule has 1 fully saturated rings. The Labute approximate surface area is 296 Å². The van der Waals surface area contributed by atoms with Gasteiger partial charge >= 0.3 is 5.69 Å². The standard InChI is InChI=1S/C40H41N7O4/c1-24(2)32-21-31(22-34-37(32)47(6)40(51)46(34)5)45(4)30-14-12-27(13-15-30)28-19-25(3)36(42-23-28)39(50)41-18-8-10-26-9-7-11-29(20-26)43-33-16-17-35(48)44-38(33)49/h7,9,11-15,19-24,33,43H,16-18H2,1-6H3,(H,41,50)(H,44,48,49). The number of nitrogens with one attached hydrogen (secondary N) is 3. The number of aromatic nitrogens is 3. The number of nitrogens with zero attached hydrogens (tertiary/aromatic N) is 4. The maximum Gasteiger partial charge on any atom is 0.328 e. The normalized spacial score (nSPS) is 14.2. The van der Waals surface area contributed by atoms with Gasteiger partial charge < -0.3 is 15.5 Å². The first-order chi connectivity index (χ1) is 24.4. The van der Waals surface area contributed by atoms with Gasteiger partial charge in [-0.3, -0.25) is 33.8 Å². The third-order valence-electron chi connectivity index (χ3n) is 9.28. The number of hydrogen-bond acceptors (Lipinski definition) is 7. The molecule has 1 aliphatic rings. The number of imidazole rings is 1. The molecule has 1 unspecified atom stereocenters. The van der Waals surface area contributed by atoms with E-state index in [1.165, 1.54) is 0 Å². The van der Waals surface area contributed by atoms with E-state index in [1.807, 2.05) is 75.6 Å². The summed E-state index contributed by atoms with van der Waals surface area (Å²) in [7, 11) is 5.64. The molecule has 0 saturated carbocycles. The van der Waals surface area contributed by atoms with Crippen LogP contribution in [0, 0.1) is 18.8 Å². The van der Waals surface area contributed by atoms with Crippen molar-refractivity contribution in [2.45, 2.75) is 45.6 Å². The Kier molecular flexibility index (Phi) is 9.78. The van der Waals surface area contributed by atoms with Gasteiger partial charge in [-0.25, -0.2) is 4.79 Å². The summed E-state index contributed by atoms with van der Waals surface area (Å²) in [6.45, 7) is 6.27. The van der Waals surface area contributed by atoms with Gasteiger partial charge in [-0.15, -0.1) is 0 Å². The molecule has 1 saturated heterocycles. The molecule has 0 bridgehead atoms. The third-order valence-corrected chi connectivity index (χ3v) is 9.28. The monoisotopic (exact) mass is 683 g/mol.